The fourth-order valence-corrected chi connectivity index (χ4v) is 4.85. The van der Waals surface area contributed by atoms with E-state index in [0.717, 1.165) is 52.0 Å². The number of carbonyl (C=O) groups is 1. The maximum absolute atomic E-state index is 9.73. The molecule has 1 unspecified atom stereocenters. The summed E-state index contributed by atoms with van der Waals surface area (Å²) in [5.41, 5.74) is 4.80. The van der Waals surface area contributed by atoms with E-state index in [1.165, 1.54) is 19.3 Å². The molecule has 2 fully saturated rings. The molecular weight excluding hydrogens is 480 g/mol. The first-order chi connectivity index (χ1) is 18.4. The molecule has 0 saturated heterocycles. The van der Waals surface area contributed by atoms with Gasteiger partial charge in [-0.05, 0) is 81.7 Å². The Balaban J connectivity index is 0.000000360. The van der Waals surface area contributed by atoms with Gasteiger partial charge in [-0.15, -0.1) is 0 Å². The van der Waals surface area contributed by atoms with E-state index in [9.17, 15) is 4.79 Å². The van der Waals surface area contributed by atoms with Crippen LogP contribution in [0.2, 0.25) is 0 Å². The van der Waals surface area contributed by atoms with Crippen LogP contribution in [0.5, 0.6) is 5.75 Å². The SMILES string of the molecule is CC(OC=O)C1CC1.CCOc1ccc2c(C(=N)OC(C)=N)c(-c3ccc(NC)cc3)n(C3CCC3)c2c1. The molecule has 0 spiro atoms. The summed E-state index contributed by atoms with van der Waals surface area (Å²) in [5.74, 6) is 1.50. The van der Waals surface area contributed by atoms with Gasteiger partial charge in [-0.1, -0.05) is 12.1 Å². The molecule has 202 valence electrons. The Hall–Kier alpha value is -3.81. The van der Waals surface area contributed by atoms with Gasteiger partial charge in [0.2, 0.25) is 5.90 Å². The Morgan fingerprint density at radius 1 is 1.13 bits per heavy atom. The largest absolute Gasteiger partial charge is 0.494 e. The second kappa shape index (κ2) is 12.2. The quantitative estimate of drug-likeness (QED) is 0.164. The van der Waals surface area contributed by atoms with Gasteiger partial charge in [0.05, 0.1) is 23.4 Å². The molecule has 0 radical (unpaired) electrons. The molecule has 0 amide bonds. The van der Waals surface area contributed by atoms with E-state index in [-0.39, 0.29) is 17.9 Å². The lowest BCUT2D eigenvalue weighted by atomic mass is 9.92. The number of carbonyl (C=O) groups excluding carboxylic acids is 1. The minimum Gasteiger partial charge on any atom is -0.494 e. The lowest BCUT2D eigenvalue weighted by Crippen LogP contribution is -2.18. The Labute approximate surface area is 224 Å². The molecule has 8 nitrogen and oxygen atoms in total. The number of nitrogens with one attached hydrogen (secondary N) is 3. The normalized spacial score (nSPS) is 15.5. The predicted molar refractivity (Wildman–Crippen MR) is 152 cm³/mol. The molecule has 3 N–H and O–H groups in total. The van der Waals surface area contributed by atoms with E-state index in [1.54, 1.807) is 6.92 Å². The van der Waals surface area contributed by atoms with Gasteiger partial charge in [0.15, 0.2) is 5.90 Å². The summed E-state index contributed by atoms with van der Waals surface area (Å²) in [6.45, 7) is 6.60. The number of aromatic nitrogens is 1. The number of fused-ring (bicyclic) bond motifs is 1. The van der Waals surface area contributed by atoms with Crippen LogP contribution >= 0.6 is 0 Å². The molecule has 2 aliphatic rings. The van der Waals surface area contributed by atoms with Crippen LogP contribution < -0.4 is 10.1 Å². The van der Waals surface area contributed by atoms with E-state index < -0.39 is 0 Å². The molecule has 0 aliphatic heterocycles. The highest BCUT2D eigenvalue weighted by Crippen LogP contribution is 2.44. The van der Waals surface area contributed by atoms with Gasteiger partial charge in [0, 0.05) is 37.2 Å². The number of anilines is 1. The number of rotatable bonds is 9. The molecule has 1 aromatic heterocycles. The van der Waals surface area contributed by atoms with Gasteiger partial charge in [-0.25, -0.2) is 0 Å². The second-order valence-electron chi connectivity index (χ2n) is 9.88. The summed E-state index contributed by atoms with van der Waals surface area (Å²) >= 11 is 0. The number of nitrogens with zero attached hydrogens (tertiary/aromatic N) is 1. The molecule has 2 aromatic carbocycles. The summed E-state index contributed by atoms with van der Waals surface area (Å²) in [6, 6.07) is 14.6. The van der Waals surface area contributed by atoms with Gasteiger partial charge in [-0.3, -0.25) is 15.6 Å². The summed E-state index contributed by atoms with van der Waals surface area (Å²) < 4.78 is 18.3. The molecular formula is C30H38N4O4. The van der Waals surface area contributed by atoms with Crippen molar-refractivity contribution in [1.82, 2.24) is 4.57 Å². The fourth-order valence-electron chi connectivity index (χ4n) is 4.85. The van der Waals surface area contributed by atoms with Crippen molar-refractivity contribution in [3.8, 4) is 17.0 Å². The molecule has 0 bridgehead atoms. The molecule has 8 heteroatoms. The summed E-state index contributed by atoms with van der Waals surface area (Å²) in [7, 11) is 1.90. The van der Waals surface area contributed by atoms with Crippen LogP contribution in [0.1, 0.15) is 64.5 Å². The maximum atomic E-state index is 9.73. The number of hydrogen-bond donors (Lipinski definition) is 3. The molecule has 2 aliphatic carbocycles. The lowest BCUT2D eigenvalue weighted by molar-refractivity contribution is -0.133. The second-order valence-corrected chi connectivity index (χ2v) is 9.88. The van der Waals surface area contributed by atoms with Crippen molar-refractivity contribution in [3.05, 3.63) is 48.0 Å². The summed E-state index contributed by atoms with van der Waals surface area (Å²) in [5, 5.41) is 20.5. The van der Waals surface area contributed by atoms with Gasteiger partial charge < -0.3 is 24.1 Å². The molecule has 3 aromatic rings. The maximum Gasteiger partial charge on any atom is 0.293 e. The minimum atomic E-state index is 0.00225. The van der Waals surface area contributed by atoms with Crippen molar-refractivity contribution in [2.75, 3.05) is 19.0 Å². The van der Waals surface area contributed by atoms with Gasteiger partial charge in [0.1, 0.15) is 11.9 Å². The fraction of sp³-hybridized carbons (Fsp3) is 0.433. The van der Waals surface area contributed by atoms with E-state index in [0.29, 0.717) is 25.0 Å². The van der Waals surface area contributed by atoms with Crippen LogP contribution in [-0.4, -0.2) is 42.6 Å². The number of ether oxygens (including phenoxy) is 3. The first-order valence-corrected chi connectivity index (χ1v) is 13.4. The summed E-state index contributed by atoms with van der Waals surface area (Å²) in [6.07, 6.45) is 6.05. The van der Waals surface area contributed by atoms with Crippen LogP contribution in [0.4, 0.5) is 5.69 Å². The highest BCUT2D eigenvalue weighted by Gasteiger charge is 2.30. The van der Waals surface area contributed by atoms with Crippen LogP contribution in [0, 0.1) is 16.7 Å². The molecule has 5 rings (SSSR count). The monoisotopic (exact) mass is 518 g/mol. The molecule has 1 atom stereocenters. The smallest absolute Gasteiger partial charge is 0.293 e. The third-order valence-electron chi connectivity index (χ3n) is 7.21. The van der Waals surface area contributed by atoms with E-state index in [2.05, 4.69) is 32.8 Å². The Morgan fingerprint density at radius 2 is 1.84 bits per heavy atom. The Morgan fingerprint density at radius 3 is 2.37 bits per heavy atom. The zero-order chi connectivity index (χ0) is 27.2. The zero-order valence-corrected chi connectivity index (χ0v) is 22.7. The first kappa shape index (κ1) is 27.2. The highest BCUT2D eigenvalue weighted by molar-refractivity contribution is 6.14. The Bertz CT molecular complexity index is 1290. The third-order valence-corrected chi connectivity index (χ3v) is 7.21. The number of hydrogen-bond acceptors (Lipinski definition) is 7. The van der Waals surface area contributed by atoms with E-state index in [4.69, 9.17) is 20.3 Å². The third kappa shape index (κ3) is 6.01. The van der Waals surface area contributed by atoms with E-state index >= 15 is 0 Å². The minimum absolute atomic E-state index is 0.00225. The van der Waals surface area contributed by atoms with Crippen molar-refractivity contribution in [2.45, 2.75) is 65.0 Å². The Kier molecular flexibility index (Phi) is 8.71. The number of benzene rings is 2. The molecule has 2 saturated carbocycles. The highest BCUT2D eigenvalue weighted by atomic mass is 16.5. The lowest BCUT2D eigenvalue weighted by Gasteiger charge is -2.30. The average molecular weight is 519 g/mol. The standard InChI is InChI=1S/C24H28N4O2.C6H10O2/c1-4-29-19-12-13-20-21(14-19)28(18-6-5-7-18)23(22(20)24(26)30-15(2)25)16-8-10-17(27-3)11-9-16;1-5(8-4-7)6-2-3-6/h8-14,18,25-27H,4-7H2,1-3H3;4-6H,2-3H2,1H3. The van der Waals surface area contributed by atoms with Gasteiger partial charge in [0.25, 0.3) is 6.47 Å². The average Bonchev–Trinajstić information content (AvgIpc) is 3.67. The van der Waals surface area contributed by atoms with E-state index in [1.807, 2.05) is 45.2 Å². The first-order valence-electron chi connectivity index (χ1n) is 13.4. The van der Waals surface area contributed by atoms with Crippen LogP contribution in [0.25, 0.3) is 22.2 Å². The van der Waals surface area contributed by atoms with Crippen molar-refractivity contribution >= 4 is 34.9 Å². The summed E-state index contributed by atoms with van der Waals surface area (Å²) in [4.78, 5) is 9.73. The predicted octanol–water partition coefficient (Wildman–Crippen LogP) is 6.77. The molecule has 38 heavy (non-hydrogen) atoms. The van der Waals surface area contributed by atoms with Crippen molar-refractivity contribution < 1.29 is 19.0 Å². The molecule has 1 heterocycles. The topological polar surface area (TPSA) is 109 Å². The van der Waals surface area contributed by atoms with Crippen LogP contribution in [0.15, 0.2) is 42.5 Å². The van der Waals surface area contributed by atoms with Crippen LogP contribution in [-0.2, 0) is 14.3 Å². The van der Waals surface area contributed by atoms with Gasteiger partial charge >= 0.3 is 0 Å². The van der Waals surface area contributed by atoms with Crippen molar-refractivity contribution in [1.29, 1.82) is 10.8 Å². The van der Waals surface area contributed by atoms with Crippen molar-refractivity contribution in [3.63, 3.8) is 0 Å². The van der Waals surface area contributed by atoms with Crippen molar-refractivity contribution in [2.24, 2.45) is 5.92 Å². The van der Waals surface area contributed by atoms with Gasteiger partial charge in [-0.2, -0.15) is 0 Å². The van der Waals surface area contributed by atoms with Crippen LogP contribution in [0.3, 0.4) is 0 Å². The zero-order valence-electron chi connectivity index (χ0n) is 22.7.